The topological polar surface area (TPSA) is 44.7 Å². The van der Waals surface area contributed by atoms with E-state index in [1.54, 1.807) is 0 Å². The molecule has 0 spiro atoms. The number of hydrogen-bond acceptors (Lipinski definition) is 4. The molecule has 2 unspecified atom stereocenters. The van der Waals surface area contributed by atoms with E-state index in [2.05, 4.69) is 24.2 Å². The summed E-state index contributed by atoms with van der Waals surface area (Å²) < 4.78 is 5.44. The summed E-state index contributed by atoms with van der Waals surface area (Å²) in [5, 5.41) is 13.4. The Kier molecular flexibility index (Phi) is 9.43. The molecular formula is C15H32N2O2. The number of nitrogens with one attached hydrogen (secondary N) is 1. The SMILES string of the molecule is CCCCOCC(O)CN(C)CCC1CCCCN1. The van der Waals surface area contributed by atoms with Gasteiger partial charge < -0.3 is 20.1 Å². The van der Waals surface area contributed by atoms with Crippen molar-refractivity contribution in [1.29, 1.82) is 0 Å². The first kappa shape index (κ1) is 16.9. The number of hydrogen-bond donors (Lipinski definition) is 2. The van der Waals surface area contributed by atoms with E-state index in [4.69, 9.17) is 4.74 Å². The number of aliphatic hydroxyl groups is 1. The number of rotatable bonds is 10. The van der Waals surface area contributed by atoms with E-state index in [1.807, 2.05) is 0 Å². The first-order valence-corrected chi connectivity index (χ1v) is 7.90. The molecule has 0 bridgehead atoms. The van der Waals surface area contributed by atoms with E-state index < -0.39 is 0 Å². The molecule has 1 fully saturated rings. The number of likely N-dealkylation sites (N-methyl/N-ethyl adjacent to an activating group) is 1. The molecule has 2 N–H and O–H groups in total. The van der Waals surface area contributed by atoms with Gasteiger partial charge in [-0.2, -0.15) is 0 Å². The zero-order chi connectivity index (χ0) is 13.9. The van der Waals surface area contributed by atoms with Crippen molar-refractivity contribution in [3.63, 3.8) is 0 Å². The van der Waals surface area contributed by atoms with Crippen LogP contribution >= 0.6 is 0 Å². The van der Waals surface area contributed by atoms with Crippen LogP contribution in [0.1, 0.15) is 45.4 Å². The number of ether oxygens (including phenoxy) is 1. The summed E-state index contributed by atoms with van der Waals surface area (Å²) in [7, 11) is 2.08. The normalized spacial score (nSPS) is 21.8. The lowest BCUT2D eigenvalue weighted by Gasteiger charge is -2.26. The highest BCUT2D eigenvalue weighted by Gasteiger charge is 2.14. The average Bonchev–Trinajstić information content (AvgIpc) is 2.42. The molecule has 1 saturated heterocycles. The Morgan fingerprint density at radius 3 is 2.95 bits per heavy atom. The Morgan fingerprint density at radius 1 is 1.42 bits per heavy atom. The van der Waals surface area contributed by atoms with Crippen molar-refractivity contribution < 1.29 is 9.84 Å². The first-order chi connectivity index (χ1) is 9.22. The minimum atomic E-state index is -0.360. The van der Waals surface area contributed by atoms with Crippen molar-refractivity contribution in [3.8, 4) is 0 Å². The van der Waals surface area contributed by atoms with Gasteiger partial charge in [0.15, 0.2) is 0 Å². The van der Waals surface area contributed by atoms with Gasteiger partial charge in [0.2, 0.25) is 0 Å². The number of unbranched alkanes of at least 4 members (excludes halogenated alkanes) is 1. The van der Waals surface area contributed by atoms with Gasteiger partial charge in [0.1, 0.15) is 0 Å². The highest BCUT2D eigenvalue weighted by molar-refractivity contribution is 4.73. The zero-order valence-electron chi connectivity index (χ0n) is 12.7. The molecule has 1 heterocycles. The van der Waals surface area contributed by atoms with Crippen LogP contribution in [0.15, 0.2) is 0 Å². The Morgan fingerprint density at radius 2 is 2.26 bits per heavy atom. The zero-order valence-corrected chi connectivity index (χ0v) is 12.7. The minimum absolute atomic E-state index is 0.360. The minimum Gasteiger partial charge on any atom is -0.389 e. The van der Waals surface area contributed by atoms with Crippen LogP contribution in [0.4, 0.5) is 0 Å². The van der Waals surface area contributed by atoms with Gasteiger partial charge in [-0.05, 0) is 45.8 Å². The monoisotopic (exact) mass is 272 g/mol. The second-order valence-electron chi connectivity index (χ2n) is 5.78. The van der Waals surface area contributed by atoms with Gasteiger partial charge in [-0.25, -0.2) is 0 Å². The molecule has 114 valence electrons. The molecule has 1 aliphatic rings. The summed E-state index contributed by atoms with van der Waals surface area (Å²) in [6.45, 7) is 6.30. The summed E-state index contributed by atoms with van der Waals surface area (Å²) in [5.74, 6) is 0. The quantitative estimate of drug-likeness (QED) is 0.593. The standard InChI is InChI=1S/C15H32N2O2/c1-3-4-11-19-13-15(18)12-17(2)10-8-14-7-5-6-9-16-14/h14-16,18H,3-13H2,1-2H3. The van der Waals surface area contributed by atoms with Crippen molar-refractivity contribution in [1.82, 2.24) is 10.2 Å². The van der Waals surface area contributed by atoms with Gasteiger partial charge in [0, 0.05) is 19.2 Å². The van der Waals surface area contributed by atoms with Gasteiger partial charge in [-0.3, -0.25) is 0 Å². The molecule has 1 rings (SSSR count). The molecule has 4 nitrogen and oxygen atoms in total. The van der Waals surface area contributed by atoms with Crippen LogP contribution in [0.3, 0.4) is 0 Å². The van der Waals surface area contributed by atoms with Gasteiger partial charge in [0.05, 0.1) is 12.7 Å². The van der Waals surface area contributed by atoms with Crippen LogP contribution < -0.4 is 5.32 Å². The average molecular weight is 272 g/mol. The molecule has 2 atom stereocenters. The second kappa shape index (κ2) is 10.6. The van der Waals surface area contributed by atoms with Crippen molar-refractivity contribution in [2.45, 2.75) is 57.6 Å². The molecule has 0 saturated carbocycles. The Bertz CT molecular complexity index is 208. The smallest absolute Gasteiger partial charge is 0.0900 e. The summed E-state index contributed by atoms with van der Waals surface area (Å²) in [5.41, 5.74) is 0. The van der Waals surface area contributed by atoms with Crippen LogP contribution in [0, 0.1) is 0 Å². The molecular weight excluding hydrogens is 240 g/mol. The van der Waals surface area contributed by atoms with E-state index in [0.717, 1.165) is 26.0 Å². The van der Waals surface area contributed by atoms with Crippen LogP contribution in [0.5, 0.6) is 0 Å². The van der Waals surface area contributed by atoms with E-state index in [-0.39, 0.29) is 6.10 Å². The number of aliphatic hydroxyl groups excluding tert-OH is 1. The summed E-state index contributed by atoms with van der Waals surface area (Å²) >= 11 is 0. The summed E-state index contributed by atoms with van der Waals surface area (Å²) in [6.07, 6.45) is 7.02. The maximum atomic E-state index is 9.87. The van der Waals surface area contributed by atoms with Gasteiger partial charge in [-0.1, -0.05) is 19.8 Å². The molecule has 0 amide bonds. The molecule has 0 aromatic rings. The molecule has 19 heavy (non-hydrogen) atoms. The Hall–Kier alpha value is -0.160. The third-order valence-corrected chi connectivity index (χ3v) is 3.75. The van der Waals surface area contributed by atoms with Crippen molar-refractivity contribution in [2.24, 2.45) is 0 Å². The highest BCUT2D eigenvalue weighted by Crippen LogP contribution is 2.10. The second-order valence-corrected chi connectivity index (χ2v) is 5.78. The van der Waals surface area contributed by atoms with E-state index in [1.165, 1.54) is 32.2 Å². The molecule has 0 aliphatic carbocycles. The Balaban J connectivity index is 2.00. The lowest BCUT2D eigenvalue weighted by molar-refractivity contribution is 0.0193. The largest absolute Gasteiger partial charge is 0.389 e. The van der Waals surface area contributed by atoms with Crippen molar-refractivity contribution in [3.05, 3.63) is 0 Å². The molecule has 0 radical (unpaired) electrons. The van der Waals surface area contributed by atoms with Crippen LogP contribution in [-0.4, -0.2) is 62.0 Å². The van der Waals surface area contributed by atoms with Crippen LogP contribution in [0.25, 0.3) is 0 Å². The summed E-state index contributed by atoms with van der Waals surface area (Å²) in [6, 6.07) is 0.675. The lowest BCUT2D eigenvalue weighted by Crippen LogP contribution is -2.39. The number of nitrogens with zero attached hydrogens (tertiary/aromatic N) is 1. The third kappa shape index (κ3) is 8.58. The van der Waals surface area contributed by atoms with Crippen molar-refractivity contribution >= 4 is 0 Å². The maximum Gasteiger partial charge on any atom is 0.0900 e. The van der Waals surface area contributed by atoms with E-state index in [0.29, 0.717) is 19.2 Å². The molecule has 0 aromatic carbocycles. The van der Waals surface area contributed by atoms with E-state index >= 15 is 0 Å². The van der Waals surface area contributed by atoms with E-state index in [9.17, 15) is 5.11 Å². The van der Waals surface area contributed by atoms with Crippen molar-refractivity contribution in [2.75, 3.05) is 39.9 Å². The van der Waals surface area contributed by atoms with Gasteiger partial charge in [0.25, 0.3) is 0 Å². The fourth-order valence-corrected chi connectivity index (χ4v) is 2.52. The summed E-state index contributed by atoms with van der Waals surface area (Å²) in [4.78, 5) is 2.21. The lowest BCUT2D eigenvalue weighted by atomic mass is 10.0. The molecule has 1 aliphatic heterocycles. The maximum absolute atomic E-state index is 9.87. The third-order valence-electron chi connectivity index (χ3n) is 3.75. The van der Waals surface area contributed by atoms with Gasteiger partial charge in [-0.15, -0.1) is 0 Å². The Labute approximate surface area is 118 Å². The molecule has 0 aromatic heterocycles. The number of piperidine rings is 1. The molecule has 4 heteroatoms. The highest BCUT2D eigenvalue weighted by atomic mass is 16.5. The van der Waals surface area contributed by atoms with Crippen LogP contribution in [-0.2, 0) is 4.74 Å². The fourth-order valence-electron chi connectivity index (χ4n) is 2.52. The van der Waals surface area contributed by atoms with Crippen LogP contribution in [0.2, 0.25) is 0 Å². The predicted molar refractivity (Wildman–Crippen MR) is 79.5 cm³/mol. The van der Waals surface area contributed by atoms with Gasteiger partial charge >= 0.3 is 0 Å². The predicted octanol–water partition coefficient (Wildman–Crippen LogP) is 1.63. The fraction of sp³-hybridized carbons (Fsp3) is 1.00. The first-order valence-electron chi connectivity index (χ1n) is 7.90.